The fraction of sp³-hybridized carbons (Fsp3) is 0.167. The number of nitrogens with one attached hydrogen (secondary N) is 1. The lowest BCUT2D eigenvalue weighted by atomic mass is 10.0. The SMILES string of the molecule is C[C@](O)(Cn1c2ccccc2c2ccccc21)C(=O)Nc1ccc(C#N)c(C(F)(F)F)c1. The summed E-state index contributed by atoms with van der Waals surface area (Å²) in [6.45, 7) is 1.19. The predicted octanol–water partition coefficient (Wildman–Crippen LogP) is 5.07. The molecule has 0 unspecified atom stereocenters. The van der Waals surface area contributed by atoms with Gasteiger partial charge in [0.25, 0.3) is 5.91 Å². The third-order valence-corrected chi connectivity index (χ3v) is 5.34. The highest BCUT2D eigenvalue weighted by Crippen LogP contribution is 2.34. The zero-order valence-electron chi connectivity index (χ0n) is 16.9. The van der Waals surface area contributed by atoms with Crippen molar-refractivity contribution in [2.45, 2.75) is 25.2 Å². The Morgan fingerprint density at radius 1 is 1.03 bits per heavy atom. The number of anilines is 1. The van der Waals surface area contributed by atoms with E-state index in [4.69, 9.17) is 5.26 Å². The summed E-state index contributed by atoms with van der Waals surface area (Å²) in [7, 11) is 0. The third-order valence-electron chi connectivity index (χ3n) is 5.34. The van der Waals surface area contributed by atoms with E-state index in [9.17, 15) is 23.1 Å². The lowest BCUT2D eigenvalue weighted by Crippen LogP contribution is -2.43. The van der Waals surface area contributed by atoms with Crippen molar-refractivity contribution in [3.05, 3.63) is 77.9 Å². The van der Waals surface area contributed by atoms with Gasteiger partial charge in [-0.15, -0.1) is 0 Å². The summed E-state index contributed by atoms with van der Waals surface area (Å²) in [6, 6.07) is 19.5. The minimum Gasteiger partial charge on any atom is -0.378 e. The number of nitrogens with zero attached hydrogens (tertiary/aromatic N) is 2. The minimum atomic E-state index is -4.75. The molecule has 4 aromatic rings. The number of aromatic nitrogens is 1. The Morgan fingerprint density at radius 3 is 2.12 bits per heavy atom. The Hall–Kier alpha value is -3.83. The van der Waals surface area contributed by atoms with E-state index in [1.165, 1.54) is 19.1 Å². The molecule has 0 aliphatic heterocycles. The Labute approximate surface area is 181 Å². The van der Waals surface area contributed by atoms with Crippen LogP contribution >= 0.6 is 0 Å². The van der Waals surface area contributed by atoms with Gasteiger partial charge in [0.15, 0.2) is 5.60 Å². The molecule has 0 aliphatic rings. The van der Waals surface area contributed by atoms with Crippen LogP contribution in [0.4, 0.5) is 18.9 Å². The maximum Gasteiger partial charge on any atom is 0.417 e. The van der Waals surface area contributed by atoms with E-state index in [0.717, 1.165) is 27.9 Å². The van der Waals surface area contributed by atoms with E-state index in [1.807, 2.05) is 53.1 Å². The Kier molecular flexibility index (Phi) is 5.15. The van der Waals surface area contributed by atoms with E-state index >= 15 is 0 Å². The van der Waals surface area contributed by atoms with Crippen LogP contribution in [0.5, 0.6) is 0 Å². The number of rotatable bonds is 4. The second-order valence-corrected chi connectivity index (χ2v) is 7.72. The number of nitriles is 1. The molecule has 0 aliphatic carbocycles. The highest BCUT2D eigenvalue weighted by molar-refractivity contribution is 6.08. The van der Waals surface area contributed by atoms with Gasteiger partial charge in [0, 0.05) is 27.5 Å². The molecular formula is C24H18F3N3O2. The lowest BCUT2D eigenvalue weighted by Gasteiger charge is -2.24. The number of alkyl halides is 3. The van der Waals surface area contributed by atoms with Crippen molar-refractivity contribution in [3.63, 3.8) is 0 Å². The fourth-order valence-corrected chi connectivity index (χ4v) is 3.77. The lowest BCUT2D eigenvalue weighted by molar-refractivity contribution is -0.138. The molecule has 8 heteroatoms. The van der Waals surface area contributed by atoms with Crippen LogP contribution in [0.25, 0.3) is 21.8 Å². The average molecular weight is 437 g/mol. The number of aliphatic hydroxyl groups is 1. The number of para-hydroxylation sites is 2. The number of carbonyl (C=O) groups is 1. The molecule has 0 saturated heterocycles. The Morgan fingerprint density at radius 2 is 1.59 bits per heavy atom. The summed E-state index contributed by atoms with van der Waals surface area (Å²) in [4.78, 5) is 12.8. The van der Waals surface area contributed by atoms with E-state index in [0.29, 0.717) is 6.07 Å². The highest BCUT2D eigenvalue weighted by atomic mass is 19.4. The molecule has 0 fully saturated rings. The van der Waals surface area contributed by atoms with Crippen molar-refractivity contribution in [1.29, 1.82) is 5.26 Å². The summed E-state index contributed by atoms with van der Waals surface area (Å²) in [5.41, 5.74) is -2.16. The first-order valence-corrected chi connectivity index (χ1v) is 9.73. The van der Waals surface area contributed by atoms with Gasteiger partial charge in [-0.3, -0.25) is 4.79 Å². The smallest absolute Gasteiger partial charge is 0.378 e. The zero-order chi connectivity index (χ0) is 23.1. The topological polar surface area (TPSA) is 78.1 Å². The van der Waals surface area contributed by atoms with Gasteiger partial charge in [-0.05, 0) is 37.3 Å². The van der Waals surface area contributed by atoms with Crippen LogP contribution in [0.15, 0.2) is 66.7 Å². The monoisotopic (exact) mass is 437 g/mol. The zero-order valence-corrected chi connectivity index (χ0v) is 16.9. The molecule has 0 bridgehead atoms. The van der Waals surface area contributed by atoms with Gasteiger partial charge in [0.1, 0.15) is 0 Å². The van der Waals surface area contributed by atoms with Gasteiger partial charge in [-0.2, -0.15) is 18.4 Å². The van der Waals surface area contributed by atoms with E-state index < -0.39 is 28.8 Å². The van der Waals surface area contributed by atoms with E-state index in [1.54, 1.807) is 0 Å². The normalized spacial score (nSPS) is 13.6. The third kappa shape index (κ3) is 3.79. The number of carbonyl (C=O) groups excluding carboxylic acids is 1. The van der Waals surface area contributed by atoms with Crippen molar-refractivity contribution in [3.8, 4) is 6.07 Å². The predicted molar refractivity (Wildman–Crippen MR) is 115 cm³/mol. The second-order valence-electron chi connectivity index (χ2n) is 7.72. The first-order valence-electron chi connectivity index (χ1n) is 9.73. The van der Waals surface area contributed by atoms with Crippen molar-refractivity contribution < 1.29 is 23.1 Å². The number of hydrogen-bond donors (Lipinski definition) is 2. The molecule has 0 radical (unpaired) electrons. The van der Waals surface area contributed by atoms with Crippen LogP contribution in [0.2, 0.25) is 0 Å². The van der Waals surface area contributed by atoms with Crippen molar-refractivity contribution in [2.75, 3.05) is 5.32 Å². The van der Waals surface area contributed by atoms with Crippen LogP contribution in [0.3, 0.4) is 0 Å². The van der Waals surface area contributed by atoms with E-state index in [-0.39, 0.29) is 12.2 Å². The quantitative estimate of drug-likeness (QED) is 0.468. The first-order chi connectivity index (χ1) is 15.1. The van der Waals surface area contributed by atoms with Crippen molar-refractivity contribution >= 4 is 33.4 Å². The molecule has 0 saturated carbocycles. The maximum atomic E-state index is 13.2. The van der Waals surface area contributed by atoms with Crippen molar-refractivity contribution in [2.24, 2.45) is 0 Å². The number of fused-ring (bicyclic) bond motifs is 3. The van der Waals surface area contributed by atoms with Gasteiger partial charge in [-0.25, -0.2) is 0 Å². The summed E-state index contributed by atoms with van der Waals surface area (Å²) >= 11 is 0. The largest absolute Gasteiger partial charge is 0.417 e. The minimum absolute atomic E-state index is 0.116. The van der Waals surface area contributed by atoms with E-state index in [2.05, 4.69) is 5.32 Å². The molecule has 1 aromatic heterocycles. The van der Waals surface area contributed by atoms with Gasteiger partial charge in [0.05, 0.1) is 23.7 Å². The molecule has 3 aromatic carbocycles. The Bertz CT molecular complexity index is 1330. The molecule has 5 nitrogen and oxygen atoms in total. The molecule has 162 valence electrons. The molecule has 1 atom stereocenters. The van der Waals surface area contributed by atoms with Gasteiger partial charge in [0.2, 0.25) is 0 Å². The fourth-order valence-electron chi connectivity index (χ4n) is 3.77. The first kappa shape index (κ1) is 21.4. The number of halogens is 3. The summed E-state index contributed by atoms with van der Waals surface area (Å²) in [6.07, 6.45) is -4.75. The van der Waals surface area contributed by atoms with Gasteiger partial charge < -0.3 is 15.0 Å². The summed E-state index contributed by atoms with van der Waals surface area (Å²) in [5, 5.41) is 24.1. The second kappa shape index (κ2) is 7.70. The number of hydrogen-bond acceptors (Lipinski definition) is 3. The standard InChI is InChI=1S/C24H18F3N3O2/c1-23(32,22(31)29-16-11-10-15(13-28)19(12-16)24(25,26)27)14-30-20-8-4-2-6-17(20)18-7-3-5-9-21(18)30/h2-12,32H,14H2,1H3,(H,29,31)/t23-/m0/s1. The van der Waals surface area contributed by atoms with Gasteiger partial charge in [-0.1, -0.05) is 36.4 Å². The van der Waals surface area contributed by atoms with Crippen molar-refractivity contribution in [1.82, 2.24) is 4.57 Å². The Balaban J connectivity index is 1.67. The van der Waals surface area contributed by atoms with Crippen LogP contribution in [-0.2, 0) is 17.5 Å². The molecule has 1 amide bonds. The van der Waals surface area contributed by atoms with Crippen LogP contribution in [-0.4, -0.2) is 21.2 Å². The molecule has 2 N–H and O–H groups in total. The average Bonchev–Trinajstić information content (AvgIpc) is 3.06. The highest BCUT2D eigenvalue weighted by Gasteiger charge is 2.35. The summed E-state index contributed by atoms with van der Waals surface area (Å²) < 4.78 is 41.5. The molecule has 1 heterocycles. The molecular weight excluding hydrogens is 419 g/mol. The summed E-state index contributed by atoms with van der Waals surface area (Å²) in [5.74, 6) is -0.864. The molecule has 32 heavy (non-hydrogen) atoms. The maximum absolute atomic E-state index is 13.2. The molecule has 4 rings (SSSR count). The number of benzene rings is 3. The van der Waals surface area contributed by atoms with Gasteiger partial charge >= 0.3 is 6.18 Å². The number of amides is 1. The van der Waals surface area contributed by atoms with Crippen LogP contribution < -0.4 is 5.32 Å². The van der Waals surface area contributed by atoms with Crippen LogP contribution in [0.1, 0.15) is 18.1 Å². The van der Waals surface area contributed by atoms with Crippen LogP contribution in [0, 0.1) is 11.3 Å². The molecule has 0 spiro atoms.